The van der Waals surface area contributed by atoms with Gasteiger partial charge >= 0.3 is 0 Å². The Morgan fingerprint density at radius 1 is 0.903 bits per heavy atom. The van der Waals surface area contributed by atoms with E-state index in [1.165, 1.54) is 0 Å². The van der Waals surface area contributed by atoms with E-state index in [2.05, 4.69) is 0 Å². The van der Waals surface area contributed by atoms with Gasteiger partial charge in [-0.2, -0.15) is 0 Å². The van der Waals surface area contributed by atoms with Gasteiger partial charge in [-0.05, 0) is 67.6 Å². The topological polar surface area (TPSA) is 49.9 Å². The van der Waals surface area contributed by atoms with Gasteiger partial charge in [0, 0.05) is 42.7 Å². The molecule has 1 atom stereocenters. The van der Waals surface area contributed by atoms with E-state index in [1.807, 2.05) is 58.3 Å². The van der Waals surface area contributed by atoms with E-state index < -0.39 is 0 Å². The molecule has 0 spiro atoms. The number of piperidine rings is 1. The van der Waals surface area contributed by atoms with Crippen molar-refractivity contribution >= 4 is 23.4 Å². The Morgan fingerprint density at radius 3 is 2.29 bits per heavy atom. The quantitative estimate of drug-likeness (QED) is 0.667. The summed E-state index contributed by atoms with van der Waals surface area (Å²) < 4.78 is 5.99. The van der Waals surface area contributed by atoms with Crippen molar-refractivity contribution in [1.82, 2.24) is 9.80 Å². The van der Waals surface area contributed by atoms with Crippen LogP contribution in [0.25, 0.3) is 0 Å². The van der Waals surface area contributed by atoms with Crippen molar-refractivity contribution in [3.8, 4) is 5.75 Å². The number of nitrogens with zero attached hydrogens (tertiary/aromatic N) is 2. The second-order valence-corrected chi connectivity index (χ2v) is 8.92. The monoisotopic (exact) mass is 440 g/mol. The van der Waals surface area contributed by atoms with Crippen molar-refractivity contribution in [2.75, 3.05) is 32.8 Å². The molecule has 164 valence electrons. The summed E-state index contributed by atoms with van der Waals surface area (Å²) >= 11 is 5.93. The first-order valence-corrected chi connectivity index (χ1v) is 11.5. The van der Waals surface area contributed by atoms with Gasteiger partial charge < -0.3 is 14.5 Å². The summed E-state index contributed by atoms with van der Waals surface area (Å²) in [7, 11) is 0. The van der Waals surface area contributed by atoms with Crippen molar-refractivity contribution in [3.05, 3.63) is 64.7 Å². The fourth-order valence-corrected chi connectivity index (χ4v) is 4.45. The van der Waals surface area contributed by atoms with Crippen LogP contribution in [0.5, 0.6) is 5.75 Å². The number of ether oxygens (including phenoxy) is 1. The van der Waals surface area contributed by atoms with Crippen LogP contribution in [0.15, 0.2) is 48.5 Å². The highest BCUT2D eigenvalue weighted by atomic mass is 35.5. The van der Waals surface area contributed by atoms with Crippen molar-refractivity contribution in [1.29, 1.82) is 0 Å². The number of benzene rings is 2. The van der Waals surface area contributed by atoms with Crippen molar-refractivity contribution in [2.45, 2.75) is 32.1 Å². The molecule has 0 unspecified atom stereocenters. The Hall–Kier alpha value is -2.53. The highest BCUT2D eigenvalue weighted by Gasteiger charge is 2.24. The van der Waals surface area contributed by atoms with Crippen LogP contribution in [0.2, 0.25) is 5.02 Å². The lowest BCUT2D eigenvalue weighted by Crippen LogP contribution is -2.42. The maximum Gasteiger partial charge on any atom is 0.253 e. The van der Waals surface area contributed by atoms with E-state index in [0.29, 0.717) is 29.5 Å². The Kier molecular flexibility index (Phi) is 7.13. The smallest absolute Gasteiger partial charge is 0.253 e. The second kappa shape index (κ2) is 10.2. The van der Waals surface area contributed by atoms with Gasteiger partial charge in [-0.15, -0.1) is 0 Å². The SMILES string of the molecule is O=C(Cc1ccc(Cl)cc1)N1CCC[C@@H](COc2ccc(C(=O)N3CCCC3)cc2)C1. The lowest BCUT2D eigenvalue weighted by Gasteiger charge is -2.32. The fraction of sp³-hybridized carbons (Fsp3) is 0.440. The first kappa shape index (κ1) is 21.7. The minimum atomic E-state index is 0.103. The summed E-state index contributed by atoms with van der Waals surface area (Å²) in [5.74, 6) is 1.33. The van der Waals surface area contributed by atoms with Gasteiger partial charge in [0.25, 0.3) is 5.91 Å². The van der Waals surface area contributed by atoms with Crippen LogP contribution in [0.3, 0.4) is 0 Å². The molecule has 2 amide bonds. The van der Waals surface area contributed by atoms with E-state index in [4.69, 9.17) is 16.3 Å². The first-order valence-electron chi connectivity index (χ1n) is 11.1. The molecular weight excluding hydrogens is 412 g/mol. The van der Waals surface area contributed by atoms with Crippen LogP contribution in [-0.4, -0.2) is 54.4 Å². The summed E-state index contributed by atoms with van der Waals surface area (Å²) in [6.07, 6.45) is 4.62. The number of hydrogen-bond donors (Lipinski definition) is 0. The number of carbonyl (C=O) groups is 2. The van der Waals surface area contributed by atoms with E-state index in [9.17, 15) is 9.59 Å². The maximum absolute atomic E-state index is 12.7. The number of hydrogen-bond acceptors (Lipinski definition) is 3. The Bertz CT molecular complexity index is 892. The Balaban J connectivity index is 1.26. The molecule has 2 aromatic carbocycles. The minimum absolute atomic E-state index is 0.103. The Morgan fingerprint density at radius 2 is 1.58 bits per heavy atom. The zero-order chi connectivity index (χ0) is 21.6. The van der Waals surface area contributed by atoms with Gasteiger partial charge in [0.1, 0.15) is 5.75 Å². The van der Waals surface area contributed by atoms with Crippen molar-refractivity contribution in [2.24, 2.45) is 5.92 Å². The molecule has 0 aromatic heterocycles. The zero-order valence-electron chi connectivity index (χ0n) is 17.8. The van der Waals surface area contributed by atoms with Gasteiger partial charge in [0.2, 0.25) is 5.91 Å². The molecule has 0 aliphatic carbocycles. The fourth-order valence-electron chi connectivity index (χ4n) is 4.33. The summed E-state index contributed by atoms with van der Waals surface area (Å²) in [6, 6.07) is 14.9. The van der Waals surface area contributed by atoms with Crippen molar-refractivity contribution in [3.63, 3.8) is 0 Å². The zero-order valence-corrected chi connectivity index (χ0v) is 18.5. The molecule has 2 aromatic rings. The second-order valence-electron chi connectivity index (χ2n) is 8.49. The van der Waals surface area contributed by atoms with Crippen LogP contribution >= 0.6 is 11.6 Å². The Labute approximate surface area is 188 Å². The van der Waals surface area contributed by atoms with Crippen LogP contribution in [0, 0.1) is 5.92 Å². The van der Waals surface area contributed by atoms with Crippen LogP contribution in [-0.2, 0) is 11.2 Å². The predicted octanol–water partition coefficient (Wildman–Crippen LogP) is 4.44. The highest BCUT2D eigenvalue weighted by Crippen LogP contribution is 2.21. The number of halogens is 1. The molecular formula is C25H29ClN2O3. The molecule has 2 heterocycles. The van der Waals surface area contributed by atoms with Gasteiger partial charge in [-0.3, -0.25) is 9.59 Å². The minimum Gasteiger partial charge on any atom is -0.493 e. The molecule has 5 nitrogen and oxygen atoms in total. The van der Waals surface area contributed by atoms with E-state index in [-0.39, 0.29) is 11.8 Å². The summed E-state index contributed by atoms with van der Waals surface area (Å²) in [4.78, 5) is 29.0. The lowest BCUT2D eigenvalue weighted by atomic mass is 9.98. The van der Waals surface area contributed by atoms with Gasteiger partial charge in [-0.25, -0.2) is 0 Å². The molecule has 31 heavy (non-hydrogen) atoms. The number of likely N-dealkylation sites (tertiary alicyclic amines) is 2. The lowest BCUT2D eigenvalue weighted by molar-refractivity contribution is -0.132. The third-order valence-corrected chi connectivity index (χ3v) is 6.37. The van der Waals surface area contributed by atoms with E-state index >= 15 is 0 Å². The van der Waals surface area contributed by atoms with E-state index in [1.54, 1.807) is 0 Å². The van der Waals surface area contributed by atoms with Crippen LogP contribution in [0.1, 0.15) is 41.6 Å². The molecule has 0 saturated carbocycles. The molecule has 2 aliphatic rings. The maximum atomic E-state index is 12.7. The molecule has 2 saturated heterocycles. The number of rotatable bonds is 6. The summed E-state index contributed by atoms with van der Waals surface area (Å²) in [6.45, 7) is 3.80. The third-order valence-electron chi connectivity index (χ3n) is 6.12. The van der Waals surface area contributed by atoms with Gasteiger partial charge in [-0.1, -0.05) is 23.7 Å². The summed E-state index contributed by atoms with van der Waals surface area (Å²) in [5, 5.41) is 0.680. The molecule has 4 rings (SSSR count). The molecule has 6 heteroatoms. The largest absolute Gasteiger partial charge is 0.493 e. The first-order chi connectivity index (χ1) is 15.1. The van der Waals surface area contributed by atoms with Gasteiger partial charge in [0.15, 0.2) is 0 Å². The average molecular weight is 441 g/mol. The molecule has 2 fully saturated rings. The summed E-state index contributed by atoms with van der Waals surface area (Å²) in [5.41, 5.74) is 1.70. The van der Waals surface area contributed by atoms with Crippen LogP contribution < -0.4 is 4.74 Å². The molecule has 2 aliphatic heterocycles. The van der Waals surface area contributed by atoms with E-state index in [0.717, 1.165) is 63.2 Å². The van der Waals surface area contributed by atoms with Crippen molar-refractivity contribution < 1.29 is 14.3 Å². The number of amides is 2. The average Bonchev–Trinajstić information content (AvgIpc) is 3.34. The van der Waals surface area contributed by atoms with Gasteiger partial charge in [0.05, 0.1) is 13.0 Å². The van der Waals surface area contributed by atoms with Crippen LogP contribution in [0.4, 0.5) is 0 Å². The molecule has 0 N–H and O–H groups in total. The highest BCUT2D eigenvalue weighted by molar-refractivity contribution is 6.30. The standard InChI is InChI=1S/C25H29ClN2O3/c26-22-9-5-19(6-10-22)16-24(29)28-15-3-4-20(17-28)18-31-23-11-7-21(8-12-23)25(30)27-13-1-2-14-27/h5-12,20H,1-4,13-18H2/t20-/m1/s1. The predicted molar refractivity (Wildman–Crippen MR) is 122 cm³/mol. The molecule has 0 radical (unpaired) electrons. The third kappa shape index (κ3) is 5.79. The molecule has 0 bridgehead atoms. The normalized spacial score (nSPS) is 18.8. The number of carbonyl (C=O) groups excluding carboxylic acids is 2.